The minimum Gasteiger partial charge on any atom is -0.472 e. The van der Waals surface area contributed by atoms with E-state index < -0.39 is 5.92 Å². The molecule has 2 aliphatic heterocycles. The molecule has 5 rings (SSSR count). The van der Waals surface area contributed by atoms with E-state index in [0.717, 1.165) is 28.1 Å². The van der Waals surface area contributed by atoms with Gasteiger partial charge in [0, 0.05) is 36.6 Å². The number of fused-ring (bicyclic) bond motifs is 1. The molecule has 7 heteroatoms. The second kappa shape index (κ2) is 8.24. The molecule has 0 bridgehead atoms. The summed E-state index contributed by atoms with van der Waals surface area (Å²) in [4.78, 5) is 41.7. The number of aryl methyl sites for hydroxylation is 1. The van der Waals surface area contributed by atoms with Crippen molar-refractivity contribution in [2.24, 2.45) is 5.92 Å². The van der Waals surface area contributed by atoms with Crippen molar-refractivity contribution in [1.82, 2.24) is 0 Å². The lowest BCUT2D eigenvalue weighted by Gasteiger charge is -2.20. The van der Waals surface area contributed by atoms with Crippen molar-refractivity contribution in [3.05, 3.63) is 77.2 Å². The van der Waals surface area contributed by atoms with Gasteiger partial charge in [-0.05, 0) is 67.3 Å². The minimum atomic E-state index is -0.412. The molecule has 1 atom stereocenters. The number of carbonyl (C=O) groups excluding carboxylic acids is 3. The van der Waals surface area contributed by atoms with E-state index in [2.05, 4.69) is 5.32 Å². The average Bonchev–Trinajstić information content (AvgIpc) is 3.55. The maximum absolute atomic E-state index is 13.0. The summed E-state index contributed by atoms with van der Waals surface area (Å²) >= 11 is 0. The van der Waals surface area contributed by atoms with E-state index in [1.54, 1.807) is 21.9 Å². The van der Waals surface area contributed by atoms with Gasteiger partial charge in [-0.1, -0.05) is 12.1 Å². The molecule has 2 aliphatic rings. The van der Waals surface area contributed by atoms with Crippen LogP contribution >= 0.6 is 0 Å². The monoisotopic (exact) mass is 443 g/mol. The summed E-state index contributed by atoms with van der Waals surface area (Å²) < 4.78 is 5.03. The first-order valence-corrected chi connectivity index (χ1v) is 11.1. The third-order valence-electron chi connectivity index (χ3n) is 6.62. The van der Waals surface area contributed by atoms with Gasteiger partial charge in [0.1, 0.15) is 6.26 Å². The van der Waals surface area contributed by atoms with Crippen LogP contribution in [0.1, 0.15) is 33.5 Å². The second-order valence-corrected chi connectivity index (χ2v) is 8.68. The van der Waals surface area contributed by atoms with Crippen LogP contribution in [0.2, 0.25) is 0 Å². The molecule has 0 saturated carbocycles. The number of anilines is 3. The Balaban J connectivity index is 1.28. The number of amides is 3. The fourth-order valence-corrected chi connectivity index (χ4v) is 4.62. The van der Waals surface area contributed by atoms with Crippen LogP contribution in [-0.2, 0) is 16.0 Å². The molecule has 7 nitrogen and oxygen atoms in total. The van der Waals surface area contributed by atoms with E-state index in [0.29, 0.717) is 30.8 Å². The van der Waals surface area contributed by atoms with Crippen molar-refractivity contribution >= 4 is 34.8 Å². The van der Waals surface area contributed by atoms with Crippen LogP contribution in [0.15, 0.2) is 59.4 Å². The molecule has 1 N–H and O–H groups in total. The molecule has 0 radical (unpaired) electrons. The molecular formula is C26H25N3O4. The second-order valence-electron chi connectivity index (χ2n) is 8.68. The van der Waals surface area contributed by atoms with E-state index in [9.17, 15) is 14.4 Å². The molecule has 1 saturated heterocycles. The Kier molecular flexibility index (Phi) is 5.24. The van der Waals surface area contributed by atoms with E-state index in [4.69, 9.17) is 4.42 Å². The van der Waals surface area contributed by atoms with Crippen molar-refractivity contribution in [2.45, 2.75) is 26.7 Å². The maximum atomic E-state index is 13.0. The van der Waals surface area contributed by atoms with Gasteiger partial charge in [-0.2, -0.15) is 0 Å². The Labute approximate surface area is 192 Å². The van der Waals surface area contributed by atoms with Gasteiger partial charge in [0.15, 0.2) is 0 Å². The van der Waals surface area contributed by atoms with Gasteiger partial charge in [0.05, 0.1) is 17.7 Å². The van der Waals surface area contributed by atoms with Gasteiger partial charge in [0.2, 0.25) is 11.8 Å². The SMILES string of the molecule is Cc1cccc(N2CC(C(=O)Nc3ccc4c(c3)CCN4C(=O)c3ccoc3)CC2=O)c1C. The Hall–Kier alpha value is -3.87. The van der Waals surface area contributed by atoms with Crippen LogP contribution in [-0.4, -0.2) is 30.8 Å². The number of rotatable bonds is 4. The van der Waals surface area contributed by atoms with E-state index >= 15 is 0 Å². The third kappa shape index (κ3) is 3.80. The predicted octanol–water partition coefficient (Wildman–Crippen LogP) is 4.09. The topological polar surface area (TPSA) is 82.9 Å². The number of hydrogen-bond donors (Lipinski definition) is 1. The zero-order valence-corrected chi connectivity index (χ0v) is 18.6. The summed E-state index contributed by atoms with van der Waals surface area (Å²) in [5.74, 6) is -0.716. The van der Waals surface area contributed by atoms with Gasteiger partial charge in [-0.25, -0.2) is 0 Å². The summed E-state index contributed by atoms with van der Waals surface area (Å²) in [5, 5.41) is 2.97. The number of furan rings is 1. The minimum absolute atomic E-state index is 0.0359. The first-order valence-electron chi connectivity index (χ1n) is 11.1. The zero-order chi connectivity index (χ0) is 23.1. The standard InChI is InChI=1S/C26H25N3O4/c1-16-4-3-5-22(17(16)2)29-14-20(13-24(29)30)25(31)27-21-6-7-23-18(12-21)8-10-28(23)26(32)19-9-11-33-15-19/h3-7,9,11-12,15,20H,8,10,13-14H2,1-2H3,(H,27,31). The number of nitrogens with one attached hydrogen (secondary N) is 1. The summed E-state index contributed by atoms with van der Waals surface area (Å²) in [5.41, 5.74) is 6.08. The van der Waals surface area contributed by atoms with Crippen LogP contribution in [0.25, 0.3) is 0 Å². The Morgan fingerprint density at radius 1 is 1.09 bits per heavy atom. The van der Waals surface area contributed by atoms with Gasteiger partial charge >= 0.3 is 0 Å². The van der Waals surface area contributed by atoms with Crippen LogP contribution in [0, 0.1) is 19.8 Å². The van der Waals surface area contributed by atoms with E-state index in [-0.39, 0.29) is 24.1 Å². The fraction of sp³-hybridized carbons (Fsp3) is 0.269. The lowest BCUT2D eigenvalue weighted by atomic mass is 10.1. The predicted molar refractivity (Wildman–Crippen MR) is 126 cm³/mol. The zero-order valence-electron chi connectivity index (χ0n) is 18.6. The van der Waals surface area contributed by atoms with Gasteiger partial charge < -0.3 is 19.5 Å². The van der Waals surface area contributed by atoms with Crippen molar-refractivity contribution < 1.29 is 18.8 Å². The largest absolute Gasteiger partial charge is 0.472 e. The highest BCUT2D eigenvalue weighted by molar-refractivity contribution is 6.07. The average molecular weight is 444 g/mol. The molecule has 1 unspecified atom stereocenters. The molecule has 1 fully saturated rings. The van der Waals surface area contributed by atoms with Gasteiger partial charge in [-0.3, -0.25) is 14.4 Å². The lowest BCUT2D eigenvalue weighted by Crippen LogP contribution is -2.29. The molecule has 0 spiro atoms. The molecule has 3 heterocycles. The van der Waals surface area contributed by atoms with Crippen LogP contribution < -0.4 is 15.1 Å². The van der Waals surface area contributed by atoms with Crippen molar-refractivity contribution in [3.63, 3.8) is 0 Å². The number of hydrogen-bond acceptors (Lipinski definition) is 4. The number of carbonyl (C=O) groups is 3. The van der Waals surface area contributed by atoms with Crippen molar-refractivity contribution in [3.8, 4) is 0 Å². The molecule has 2 aromatic carbocycles. The summed E-state index contributed by atoms with van der Waals surface area (Å²) in [6, 6.07) is 13.1. The first kappa shape index (κ1) is 21.0. The van der Waals surface area contributed by atoms with E-state index in [1.165, 1.54) is 12.5 Å². The Bertz CT molecular complexity index is 1250. The van der Waals surface area contributed by atoms with Gasteiger partial charge in [-0.15, -0.1) is 0 Å². The summed E-state index contributed by atoms with van der Waals surface area (Å²) in [7, 11) is 0. The van der Waals surface area contributed by atoms with Crippen LogP contribution in [0.3, 0.4) is 0 Å². The molecule has 0 aliphatic carbocycles. The maximum Gasteiger partial charge on any atom is 0.261 e. The summed E-state index contributed by atoms with van der Waals surface area (Å²) in [6.07, 6.45) is 3.83. The highest BCUT2D eigenvalue weighted by Gasteiger charge is 2.36. The van der Waals surface area contributed by atoms with Crippen molar-refractivity contribution in [2.75, 3.05) is 28.2 Å². The summed E-state index contributed by atoms with van der Waals surface area (Å²) in [6.45, 7) is 4.96. The molecule has 33 heavy (non-hydrogen) atoms. The third-order valence-corrected chi connectivity index (χ3v) is 6.62. The number of benzene rings is 2. The first-order chi connectivity index (χ1) is 15.9. The Morgan fingerprint density at radius 3 is 2.73 bits per heavy atom. The molecule has 3 amide bonds. The number of nitrogens with zero attached hydrogens (tertiary/aromatic N) is 2. The normalized spacial score (nSPS) is 17.4. The fourth-order valence-electron chi connectivity index (χ4n) is 4.62. The highest BCUT2D eigenvalue weighted by atomic mass is 16.3. The smallest absolute Gasteiger partial charge is 0.261 e. The van der Waals surface area contributed by atoms with Gasteiger partial charge in [0.25, 0.3) is 5.91 Å². The molecule has 1 aromatic heterocycles. The Morgan fingerprint density at radius 2 is 1.94 bits per heavy atom. The van der Waals surface area contributed by atoms with Crippen LogP contribution in [0.4, 0.5) is 17.1 Å². The van der Waals surface area contributed by atoms with Crippen molar-refractivity contribution in [1.29, 1.82) is 0 Å². The lowest BCUT2D eigenvalue weighted by molar-refractivity contribution is -0.122. The van der Waals surface area contributed by atoms with Crippen LogP contribution in [0.5, 0.6) is 0 Å². The molecule has 3 aromatic rings. The van der Waals surface area contributed by atoms with E-state index in [1.807, 2.05) is 44.2 Å². The quantitative estimate of drug-likeness (QED) is 0.658. The highest BCUT2D eigenvalue weighted by Crippen LogP contribution is 2.33. The molecular weight excluding hydrogens is 418 g/mol. The molecule has 168 valence electrons.